The van der Waals surface area contributed by atoms with E-state index < -0.39 is 5.91 Å². The Morgan fingerprint density at radius 3 is 2.56 bits per heavy atom. The molecular formula is C25H19Cl2N7O2. The molecule has 5 aromatic rings. The quantitative estimate of drug-likeness (QED) is 0.184. The van der Waals surface area contributed by atoms with Gasteiger partial charge in [-0.05, 0) is 55.1 Å². The molecule has 0 radical (unpaired) electrons. The molecule has 0 bridgehead atoms. The van der Waals surface area contributed by atoms with Crippen molar-refractivity contribution in [1.29, 1.82) is 0 Å². The zero-order valence-electron chi connectivity index (χ0n) is 19.1. The second-order valence-electron chi connectivity index (χ2n) is 8.02. The van der Waals surface area contributed by atoms with Crippen molar-refractivity contribution in [2.24, 2.45) is 5.10 Å². The molecule has 3 aromatic heterocycles. The number of amides is 1. The van der Waals surface area contributed by atoms with Gasteiger partial charge in [0.15, 0.2) is 0 Å². The minimum atomic E-state index is -0.402. The van der Waals surface area contributed by atoms with E-state index >= 15 is 0 Å². The second kappa shape index (κ2) is 9.44. The van der Waals surface area contributed by atoms with E-state index in [0.29, 0.717) is 55.1 Å². The standard InChI is InChI=1S/C25H19Cl2N7O2/c1-12-15-8-9-18-22(32-25(29-18)31-21-16(26)6-3-7-17(21)27)19(15)24(36)30-20(12)13(2)33-34-23(35)14-5-4-10-28-11-14/h3-11H,1-2H3,(H,30,36)(H,34,35)(H2,29,31,32). The Labute approximate surface area is 214 Å². The number of hydrogen-bond acceptors (Lipinski definition) is 6. The summed E-state index contributed by atoms with van der Waals surface area (Å²) in [4.78, 5) is 40.0. The molecule has 36 heavy (non-hydrogen) atoms. The van der Waals surface area contributed by atoms with E-state index in [9.17, 15) is 9.59 Å². The normalized spacial score (nSPS) is 11.7. The van der Waals surface area contributed by atoms with Crippen LogP contribution >= 0.6 is 23.2 Å². The van der Waals surface area contributed by atoms with Gasteiger partial charge in [0.25, 0.3) is 11.5 Å². The lowest BCUT2D eigenvalue weighted by Crippen LogP contribution is -2.21. The SMILES string of the molecule is CC(=NNC(=O)c1cccnc1)c1[nH]c(=O)c2c(ccc3nc(Nc4c(Cl)cccc4Cl)[nH]c32)c1C. The fraction of sp³-hybridized carbons (Fsp3) is 0.0800. The zero-order valence-corrected chi connectivity index (χ0v) is 20.6. The van der Waals surface area contributed by atoms with E-state index in [2.05, 4.69) is 35.8 Å². The van der Waals surface area contributed by atoms with Gasteiger partial charge in [0, 0.05) is 12.4 Å². The molecule has 180 valence electrons. The first-order chi connectivity index (χ1) is 17.3. The number of fused-ring (bicyclic) bond motifs is 3. The van der Waals surface area contributed by atoms with E-state index in [-0.39, 0.29) is 5.56 Å². The predicted molar refractivity (Wildman–Crippen MR) is 143 cm³/mol. The van der Waals surface area contributed by atoms with Crippen LogP contribution in [0.15, 0.2) is 64.8 Å². The summed E-state index contributed by atoms with van der Waals surface area (Å²) in [5, 5.41) is 9.32. The summed E-state index contributed by atoms with van der Waals surface area (Å²) in [6.45, 7) is 3.58. The van der Waals surface area contributed by atoms with Crippen molar-refractivity contribution in [3.63, 3.8) is 0 Å². The van der Waals surface area contributed by atoms with Crippen LogP contribution in [0, 0.1) is 6.92 Å². The Balaban J connectivity index is 1.52. The molecule has 0 fully saturated rings. The number of imidazole rings is 1. The number of carbonyl (C=O) groups is 1. The molecule has 0 saturated heterocycles. The number of aromatic nitrogens is 4. The fourth-order valence-electron chi connectivity index (χ4n) is 3.94. The van der Waals surface area contributed by atoms with E-state index in [4.69, 9.17) is 23.2 Å². The number of anilines is 2. The van der Waals surface area contributed by atoms with Gasteiger partial charge in [-0.25, -0.2) is 10.4 Å². The molecule has 11 heteroatoms. The van der Waals surface area contributed by atoms with Gasteiger partial charge in [-0.1, -0.05) is 35.3 Å². The minimum absolute atomic E-state index is 0.324. The van der Waals surface area contributed by atoms with Crippen LogP contribution in [0.2, 0.25) is 10.0 Å². The highest BCUT2D eigenvalue weighted by Gasteiger charge is 2.16. The van der Waals surface area contributed by atoms with E-state index in [1.54, 1.807) is 43.5 Å². The molecule has 0 spiro atoms. The third-order valence-electron chi connectivity index (χ3n) is 5.72. The van der Waals surface area contributed by atoms with Gasteiger partial charge in [0.2, 0.25) is 5.95 Å². The van der Waals surface area contributed by atoms with Crippen molar-refractivity contribution in [3.05, 3.63) is 92.1 Å². The molecule has 0 unspecified atom stereocenters. The third-order valence-corrected chi connectivity index (χ3v) is 6.35. The van der Waals surface area contributed by atoms with Crippen LogP contribution in [0.3, 0.4) is 0 Å². The number of para-hydroxylation sites is 1. The van der Waals surface area contributed by atoms with Gasteiger partial charge in [-0.15, -0.1) is 0 Å². The molecule has 4 N–H and O–H groups in total. The van der Waals surface area contributed by atoms with Crippen LogP contribution in [0.4, 0.5) is 11.6 Å². The predicted octanol–water partition coefficient (Wildman–Crippen LogP) is 5.31. The van der Waals surface area contributed by atoms with E-state index in [0.717, 1.165) is 10.9 Å². The van der Waals surface area contributed by atoms with Gasteiger partial charge >= 0.3 is 0 Å². The van der Waals surface area contributed by atoms with Crippen molar-refractivity contribution in [2.45, 2.75) is 13.8 Å². The molecule has 1 amide bonds. The third kappa shape index (κ3) is 4.30. The largest absolute Gasteiger partial charge is 0.323 e. The molecule has 9 nitrogen and oxygen atoms in total. The van der Waals surface area contributed by atoms with Crippen molar-refractivity contribution >= 4 is 68.3 Å². The minimum Gasteiger partial charge on any atom is -0.323 e. The van der Waals surface area contributed by atoms with Gasteiger partial charge in [0.05, 0.1) is 49.1 Å². The number of benzene rings is 2. The summed E-state index contributed by atoms with van der Waals surface area (Å²) in [6, 6.07) is 12.1. The van der Waals surface area contributed by atoms with Gasteiger partial charge in [-0.2, -0.15) is 5.10 Å². The summed E-state index contributed by atoms with van der Waals surface area (Å²) in [5.74, 6) is -0.00875. The highest BCUT2D eigenvalue weighted by Crippen LogP contribution is 2.33. The van der Waals surface area contributed by atoms with Crippen molar-refractivity contribution < 1.29 is 4.79 Å². The average Bonchev–Trinajstić information content (AvgIpc) is 3.29. The van der Waals surface area contributed by atoms with Crippen LogP contribution < -0.4 is 16.3 Å². The van der Waals surface area contributed by atoms with Gasteiger partial charge in [0.1, 0.15) is 0 Å². The molecule has 0 atom stereocenters. The lowest BCUT2D eigenvalue weighted by Gasteiger charge is -2.10. The Kier molecular flexibility index (Phi) is 6.17. The number of hydrogen-bond donors (Lipinski definition) is 4. The summed E-state index contributed by atoms with van der Waals surface area (Å²) >= 11 is 12.5. The first-order valence-electron chi connectivity index (χ1n) is 10.8. The monoisotopic (exact) mass is 519 g/mol. The van der Waals surface area contributed by atoms with Crippen LogP contribution in [0.5, 0.6) is 0 Å². The first-order valence-corrected chi connectivity index (χ1v) is 11.6. The van der Waals surface area contributed by atoms with Crippen LogP contribution in [-0.4, -0.2) is 31.6 Å². The van der Waals surface area contributed by atoms with Crippen LogP contribution in [0.1, 0.15) is 28.5 Å². The Bertz CT molecular complexity index is 1710. The molecule has 5 rings (SSSR count). The van der Waals surface area contributed by atoms with Crippen LogP contribution in [0.25, 0.3) is 21.8 Å². The topological polar surface area (TPSA) is 128 Å². The lowest BCUT2D eigenvalue weighted by atomic mass is 10.0. The molecular weight excluding hydrogens is 501 g/mol. The molecule has 0 aliphatic carbocycles. The highest BCUT2D eigenvalue weighted by molar-refractivity contribution is 6.39. The molecule has 0 saturated carbocycles. The second-order valence-corrected chi connectivity index (χ2v) is 8.84. The summed E-state index contributed by atoms with van der Waals surface area (Å²) in [7, 11) is 0. The number of rotatable bonds is 5. The Morgan fingerprint density at radius 2 is 1.83 bits per heavy atom. The number of nitrogens with zero attached hydrogens (tertiary/aromatic N) is 3. The number of H-pyrrole nitrogens is 2. The van der Waals surface area contributed by atoms with E-state index in [1.165, 1.54) is 6.20 Å². The maximum Gasteiger partial charge on any atom is 0.272 e. The average molecular weight is 520 g/mol. The maximum absolute atomic E-state index is 13.2. The number of aryl methyl sites for hydroxylation is 1. The fourth-order valence-corrected chi connectivity index (χ4v) is 4.43. The molecule has 2 aromatic carbocycles. The number of hydrazone groups is 1. The number of aromatic amines is 2. The zero-order chi connectivity index (χ0) is 25.4. The van der Waals surface area contributed by atoms with Gasteiger partial charge < -0.3 is 15.3 Å². The number of halogens is 2. The molecule has 0 aliphatic rings. The van der Waals surface area contributed by atoms with Crippen molar-refractivity contribution in [2.75, 3.05) is 5.32 Å². The van der Waals surface area contributed by atoms with E-state index in [1.807, 2.05) is 19.1 Å². The summed E-state index contributed by atoms with van der Waals surface area (Å²) in [6.07, 6.45) is 3.03. The van der Waals surface area contributed by atoms with Crippen molar-refractivity contribution in [1.82, 2.24) is 25.4 Å². The Hall–Kier alpha value is -4.21. The highest BCUT2D eigenvalue weighted by atomic mass is 35.5. The summed E-state index contributed by atoms with van der Waals surface area (Å²) in [5.41, 5.74) is 5.98. The number of nitrogens with one attached hydrogen (secondary N) is 4. The summed E-state index contributed by atoms with van der Waals surface area (Å²) < 4.78 is 0. The number of pyridine rings is 2. The van der Waals surface area contributed by atoms with Crippen LogP contribution in [-0.2, 0) is 0 Å². The molecule has 3 heterocycles. The first kappa shape index (κ1) is 23.5. The Morgan fingerprint density at radius 1 is 1.06 bits per heavy atom. The van der Waals surface area contributed by atoms with Gasteiger partial charge in [-0.3, -0.25) is 14.6 Å². The smallest absolute Gasteiger partial charge is 0.272 e. The lowest BCUT2D eigenvalue weighted by molar-refractivity contribution is 0.0954. The molecule has 0 aliphatic heterocycles. The number of carbonyl (C=O) groups excluding carboxylic acids is 1. The van der Waals surface area contributed by atoms with Crippen molar-refractivity contribution in [3.8, 4) is 0 Å². The maximum atomic E-state index is 13.2.